The number of amides is 2. The van der Waals surface area contributed by atoms with Crippen molar-refractivity contribution in [3.8, 4) is 0 Å². The van der Waals surface area contributed by atoms with Crippen molar-refractivity contribution in [2.24, 2.45) is 0 Å². The molecule has 2 rings (SSSR count). The lowest BCUT2D eigenvalue weighted by molar-refractivity contribution is 0.173. The van der Waals surface area contributed by atoms with E-state index in [2.05, 4.69) is 15.6 Å². The molecule has 0 aliphatic heterocycles. The highest BCUT2D eigenvalue weighted by molar-refractivity contribution is 5.73. The van der Waals surface area contributed by atoms with Gasteiger partial charge >= 0.3 is 6.03 Å². The van der Waals surface area contributed by atoms with Crippen LogP contribution in [0.2, 0.25) is 0 Å². The zero-order chi connectivity index (χ0) is 17.5. The lowest BCUT2D eigenvalue weighted by Crippen LogP contribution is -2.38. The van der Waals surface area contributed by atoms with Crippen molar-refractivity contribution in [2.45, 2.75) is 12.5 Å². The monoisotopic (exact) mass is 339 g/mol. The van der Waals surface area contributed by atoms with Crippen LogP contribution in [0.1, 0.15) is 17.2 Å². The van der Waals surface area contributed by atoms with E-state index in [1.807, 2.05) is 0 Å². The Morgan fingerprint density at radius 1 is 1.12 bits per heavy atom. The van der Waals surface area contributed by atoms with Gasteiger partial charge in [0.25, 0.3) is 0 Å². The number of carbonyl (C=O) groups excluding carboxylic acids is 1. The number of pyridine rings is 1. The van der Waals surface area contributed by atoms with Crippen LogP contribution >= 0.6 is 0 Å². The van der Waals surface area contributed by atoms with Gasteiger partial charge in [-0.3, -0.25) is 4.98 Å². The second-order valence-corrected chi connectivity index (χ2v) is 5.06. The van der Waals surface area contributed by atoms with Gasteiger partial charge in [0.15, 0.2) is 17.5 Å². The molecular formula is C16H16F3N3O2. The molecule has 1 atom stereocenters. The summed E-state index contributed by atoms with van der Waals surface area (Å²) in [7, 11) is 0. The largest absolute Gasteiger partial charge is 0.387 e. The fourth-order valence-electron chi connectivity index (χ4n) is 2.03. The first-order valence-corrected chi connectivity index (χ1v) is 7.20. The number of hydrogen-bond donors (Lipinski definition) is 3. The van der Waals surface area contributed by atoms with Crippen molar-refractivity contribution in [2.75, 3.05) is 13.1 Å². The lowest BCUT2D eigenvalue weighted by Gasteiger charge is -2.12. The highest BCUT2D eigenvalue weighted by Gasteiger charge is 2.11. The highest BCUT2D eigenvalue weighted by Crippen LogP contribution is 2.13. The van der Waals surface area contributed by atoms with E-state index < -0.39 is 29.6 Å². The summed E-state index contributed by atoms with van der Waals surface area (Å²) in [5.41, 5.74) is 0.839. The van der Waals surface area contributed by atoms with Gasteiger partial charge in [0, 0.05) is 25.5 Å². The summed E-state index contributed by atoms with van der Waals surface area (Å²) in [6.45, 7) is 0.0946. The van der Waals surface area contributed by atoms with Crippen molar-refractivity contribution in [1.82, 2.24) is 15.6 Å². The molecule has 0 radical (unpaired) electrons. The molecule has 0 bridgehead atoms. The molecule has 2 amide bonds. The molecule has 0 saturated heterocycles. The van der Waals surface area contributed by atoms with Gasteiger partial charge in [-0.15, -0.1) is 0 Å². The molecule has 0 spiro atoms. The van der Waals surface area contributed by atoms with Gasteiger partial charge in [-0.2, -0.15) is 0 Å². The van der Waals surface area contributed by atoms with Gasteiger partial charge in [-0.05, 0) is 41.8 Å². The summed E-state index contributed by atoms with van der Waals surface area (Å²) in [5, 5.41) is 14.8. The zero-order valence-electron chi connectivity index (χ0n) is 12.6. The fraction of sp³-hybridized carbons (Fsp3) is 0.250. The molecule has 24 heavy (non-hydrogen) atoms. The molecule has 0 saturated carbocycles. The Morgan fingerprint density at radius 3 is 2.38 bits per heavy atom. The van der Waals surface area contributed by atoms with E-state index in [4.69, 9.17) is 0 Å². The molecule has 5 nitrogen and oxygen atoms in total. The van der Waals surface area contributed by atoms with E-state index in [0.29, 0.717) is 5.56 Å². The number of rotatable bonds is 6. The van der Waals surface area contributed by atoms with Gasteiger partial charge in [0.05, 0.1) is 6.10 Å². The third-order valence-electron chi connectivity index (χ3n) is 3.29. The van der Waals surface area contributed by atoms with Gasteiger partial charge in [0.2, 0.25) is 0 Å². The van der Waals surface area contributed by atoms with Crippen LogP contribution in [0.5, 0.6) is 0 Å². The third kappa shape index (κ3) is 4.95. The Labute approximate surface area is 136 Å². The number of hydrogen-bond acceptors (Lipinski definition) is 3. The SMILES string of the molecule is O=C(NCCc1cc(F)c(F)c(F)c1)NCC(O)c1ccncc1. The number of aliphatic hydroxyl groups excluding tert-OH is 1. The van der Waals surface area contributed by atoms with Crippen LogP contribution in [0, 0.1) is 17.5 Å². The number of halogens is 3. The van der Waals surface area contributed by atoms with E-state index in [1.54, 1.807) is 12.1 Å². The molecule has 0 fully saturated rings. The number of urea groups is 1. The van der Waals surface area contributed by atoms with E-state index in [0.717, 1.165) is 12.1 Å². The normalized spacial score (nSPS) is 11.8. The predicted octanol–water partition coefficient (Wildman–Crippen LogP) is 2.07. The van der Waals surface area contributed by atoms with Crippen LogP contribution in [0.3, 0.4) is 0 Å². The van der Waals surface area contributed by atoms with Crippen LogP contribution in [-0.2, 0) is 6.42 Å². The maximum atomic E-state index is 13.0. The summed E-state index contributed by atoms with van der Waals surface area (Å²) >= 11 is 0. The Bertz CT molecular complexity index is 675. The van der Waals surface area contributed by atoms with Crippen LogP contribution in [0.15, 0.2) is 36.7 Å². The summed E-state index contributed by atoms with van der Waals surface area (Å²) in [6.07, 6.45) is 2.31. The number of nitrogens with one attached hydrogen (secondary N) is 2. The molecular weight excluding hydrogens is 323 g/mol. The minimum absolute atomic E-state index is 0.00431. The summed E-state index contributed by atoms with van der Waals surface area (Å²) < 4.78 is 38.9. The van der Waals surface area contributed by atoms with Crippen molar-refractivity contribution in [1.29, 1.82) is 0 Å². The first-order chi connectivity index (χ1) is 11.5. The topological polar surface area (TPSA) is 74.2 Å². The fourth-order valence-corrected chi connectivity index (χ4v) is 2.03. The Hall–Kier alpha value is -2.61. The summed E-state index contributed by atoms with van der Waals surface area (Å²) in [5.74, 6) is -4.06. The Morgan fingerprint density at radius 2 is 1.75 bits per heavy atom. The number of aliphatic hydroxyl groups is 1. The molecule has 8 heteroatoms. The van der Waals surface area contributed by atoms with E-state index in [9.17, 15) is 23.1 Å². The molecule has 1 aromatic carbocycles. The summed E-state index contributed by atoms with van der Waals surface area (Å²) in [4.78, 5) is 15.4. The smallest absolute Gasteiger partial charge is 0.314 e. The third-order valence-corrected chi connectivity index (χ3v) is 3.29. The highest BCUT2D eigenvalue weighted by atomic mass is 19.2. The Balaban J connectivity index is 1.74. The standard InChI is InChI=1S/C16H16F3N3O2/c17-12-7-10(8-13(18)15(12)19)1-6-21-16(24)22-9-14(23)11-2-4-20-5-3-11/h2-5,7-8,14,23H,1,6,9H2,(H2,21,22,24). The summed E-state index contributed by atoms with van der Waals surface area (Å²) in [6, 6.07) is 4.48. The molecule has 1 aromatic heterocycles. The molecule has 3 N–H and O–H groups in total. The first kappa shape index (κ1) is 17.7. The average molecular weight is 339 g/mol. The minimum Gasteiger partial charge on any atom is -0.387 e. The molecule has 2 aromatic rings. The predicted molar refractivity (Wildman–Crippen MR) is 80.6 cm³/mol. The van der Waals surface area contributed by atoms with Crippen LogP contribution in [0.4, 0.5) is 18.0 Å². The number of nitrogens with zero attached hydrogens (tertiary/aromatic N) is 1. The molecule has 0 aliphatic rings. The Kier molecular flexibility index (Phi) is 6.14. The second kappa shape index (κ2) is 8.30. The van der Waals surface area contributed by atoms with Gasteiger partial charge in [0.1, 0.15) is 0 Å². The van der Waals surface area contributed by atoms with Crippen molar-refractivity contribution < 1.29 is 23.1 Å². The van der Waals surface area contributed by atoms with Crippen molar-refractivity contribution in [3.05, 3.63) is 65.2 Å². The quantitative estimate of drug-likeness (QED) is 0.706. The molecule has 1 heterocycles. The van der Waals surface area contributed by atoms with Crippen LogP contribution < -0.4 is 10.6 Å². The van der Waals surface area contributed by atoms with Crippen LogP contribution in [-0.4, -0.2) is 29.2 Å². The molecule has 128 valence electrons. The average Bonchev–Trinajstić information content (AvgIpc) is 2.58. The van der Waals surface area contributed by atoms with E-state index in [-0.39, 0.29) is 25.1 Å². The number of aromatic nitrogens is 1. The number of carbonyl (C=O) groups is 1. The van der Waals surface area contributed by atoms with E-state index in [1.165, 1.54) is 12.4 Å². The first-order valence-electron chi connectivity index (χ1n) is 7.20. The minimum atomic E-state index is -1.52. The van der Waals surface area contributed by atoms with Crippen molar-refractivity contribution >= 4 is 6.03 Å². The van der Waals surface area contributed by atoms with Crippen LogP contribution in [0.25, 0.3) is 0 Å². The maximum Gasteiger partial charge on any atom is 0.314 e. The molecule has 0 aliphatic carbocycles. The van der Waals surface area contributed by atoms with Gasteiger partial charge in [-0.25, -0.2) is 18.0 Å². The molecule has 1 unspecified atom stereocenters. The van der Waals surface area contributed by atoms with Gasteiger partial charge < -0.3 is 15.7 Å². The zero-order valence-corrected chi connectivity index (χ0v) is 12.6. The lowest BCUT2D eigenvalue weighted by atomic mass is 10.1. The van der Waals surface area contributed by atoms with E-state index >= 15 is 0 Å². The maximum absolute atomic E-state index is 13.0. The van der Waals surface area contributed by atoms with Gasteiger partial charge in [-0.1, -0.05) is 0 Å². The number of benzene rings is 1. The second-order valence-electron chi connectivity index (χ2n) is 5.06. The van der Waals surface area contributed by atoms with Crippen molar-refractivity contribution in [3.63, 3.8) is 0 Å².